The van der Waals surface area contributed by atoms with Crippen molar-refractivity contribution >= 4 is 11.8 Å². The van der Waals surface area contributed by atoms with Crippen LogP contribution in [-0.2, 0) is 14.3 Å². The summed E-state index contributed by atoms with van der Waals surface area (Å²) in [5.74, 6) is -0.338. The second kappa shape index (κ2) is 8.07. The van der Waals surface area contributed by atoms with E-state index in [1.54, 1.807) is 0 Å². The number of nitrogen functional groups attached to an aromatic ring is 1. The van der Waals surface area contributed by atoms with Crippen molar-refractivity contribution in [3.05, 3.63) is 22.7 Å². The van der Waals surface area contributed by atoms with Crippen molar-refractivity contribution in [3.8, 4) is 0 Å². The zero-order valence-corrected chi connectivity index (χ0v) is 13.2. The first-order valence-corrected chi connectivity index (χ1v) is 7.81. The summed E-state index contributed by atoms with van der Waals surface area (Å²) in [6.07, 6.45) is 3.04. The van der Waals surface area contributed by atoms with Crippen LogP contribution in [0, 0.1) is 5.92 Å². The summed E-state index contributed by atoms with van der Waals surface area (Å²) in [6, 6.07) is 1.51. The molecular weight excluding hydrogens is 302 g/mol. The number of carbonyl (C=O) groups excluding carboxylic acids is 1. The summed E-state index contributed by atoms with van der Waals surface area (Å²) in [6.45, 7) is 1.96. The minimum absolute atomic E-state index is 0.0709. The van der Waals surface area contributed by atoms with Crippen LogP contribution in [0.15, 0.2) is 17.1 Å². The van der Waals surface area contributed by atoms with E-state index in [4.69, 9.17) is 15.2 Å². The number of esters is 1. The molecule has 0 amide bonds. The van der Waals surface area contributed by atoms with E-state index < -0.39 is 18.0 Å². The molecule has 0 spiro atoms. The lowest BCUT2D eigenvalue weighted by atomic mass is 10.0. The third kappa shape index (κ3) is 4.52. The van der Waals surface area contributed by atoms with Gasteiger partial charge in [-0.1, -0.05) is 13.3 Å². The van der Waals surface area contributed by atoms with E-state index in [-0.39, 0.29) is 30.9 Å². The normalized spacial score (nSPS) is 23.8. The van der Waals surface area contributed by atoms with Crippen LogP contribution in [0.25, 0.3) is 0 Å². The molecule has 2 heterocycles. The smallest absolute Gasteiger partial charge is 0.351 e. The Morgan fingerprint density at radius 3 is 3.04 bits per heavy atom. The van der Waals surface area contributed by atoms with Crippen molar-refractivity contribution in [2.45, 2.75) is 44.9 Å². The van der Waals surface area contributed by atoms with Gasteiger partial charge in [0.2, 0.25) is 0 Å². The van der Waals surface area contributed by atoms with Crippen molar-refractivity contribution in [2.24, 2.45) is 5.92 Å². The largest absolute Gasteiger partial charge is 0.463 e. The molecule has 3 unspecified atom stereocenters. The molecule has 8 nitrogen and oxygen atoms in total. The van der Waals surface area contributed by atoms with E-state index in [2.05, 4.69) is 4.98 Å². The average Bonchev–Trinajstić information content (AvgIpc) is 2.93. The van der Waals surface area contributed by atoms with Crippen molar-refractivity contribution < 1.29 is 19.4 Å². The van der Waals surface area contributed by atoms with Gasteiger partial charge in [0, 0.05) is 31.6 Å². The zero-order chi connectivity index (χ0) is 16.8. The SMILES string of the molecule is CCCCC(=O)OCC1OC(n2ccc(N)nc2=O)CC1CO. The quantitative estimate of drug-likeness (QED) is 0.699. The van der Waals surface area contributed by atoms with Crippen molar-refractivity contribution in [1.82, 2.24) is 9.55 Å². The van der Waals surface area contributed by atoms with Crippen LogP contribution >= 0.6 is 0 Å². The minimum atomic E-state index is -0.549. The highest BCUT2D eigenvalue weighted by molar-refractivity contribution is 5.69. The summed E-state index contributed by atoms with van der Waals surface area (Å²) in [4.78, 5) is 27.1. The molecule has 3 atom stereocenters. The summed E-state index contributed by atoms with van der Waals surface area (Å²) < 4.78 is 12.3. The predicted molar refractivity (Wildman–Crippen MR) is 82.5 cm³/mol. The van der Waals surface area contributed by atoms with Gasteiger partial charge in [-0.25, -0.2) is 4.79 Å². The summed E-state index contributed by atoms with van der Waals surface area (Å²) in [5.41, 5.74) is 4.96. The molecule has 1 aliphatic heterocycles. The Morgan fingerprint density at radius 1 is 1.61 bits per heavy atom. The Kier molecular flexibility index (Phi) is 6.12. The minimum Gasteiger partial charge on any atom is -0.463 e. The van der Waals surface area contributed by atoms with E-state index in [9.17, 15) is 14.7 Å². The zero-order valence-electron chi connectivity index (χ0n) is 13.2. The Labute approximate surface area is 134 Å². The fourth-order valence-electron chi connectivity index (χ4n) is 2.54. The Balaban J connectivity index is 1.97. The number of nitrogens with zero attached hydrogens (tertiary/aromatic N) is 2. The Morgan fingerprint density at radius 2 is 2.39 bits per heavy atom. The summed E-state index contributed by atoms with van der Waals surface area (Å²) >= 11 is 0. The molecule has 3 N–H and O–H groups in total. The number of aliphatic hydroxyl groups excluding tert-OH is 1. The van der Waals surface area contributed by atoms with Crippen molar-refractivity contribution in [2.75, 3.05) is 18.9 Å². The highest BCUT2D eigenvalue weighted by Gasteiger charge is 2.37. The molecule has 8 heteroatoms. The van der Waals surface area contributed by atoms with Gasteiger partial charge in [-0.3, -0.25) is 9.36 Å². The van der Waals surface area contributed by atoms with Crippen LogP contribution in [0.3, 0.4) is 0 Å². The third-order valence-corrected chi connectivity index (χ3v) is 3.90. The number of carbonyl (C=O) groups is 1. The number of aliphatic hydroxyl groups is 1. The van der Waals surface area contributed by atoms with E-state index in [0.717, 1.165) is 12.8 Å². The third-order valence-electron chi connectivity index (χ3n) is 3.90. The number of aromatic nitrogens is 2. The standard InChI is InChI=1S/C15H23N3O5/c1-2-3-4-14(20)22-9-11-10(8-19)7-13(23-11)18-6-5-12(16)17-15(18)21/h5-6,10-11,13,19H,2-4,7-9H2,1H3,(H2,16,17,21). The first-order chi connectivity index (χ1) is 11.0. The number of unbranched alkanes of at least 4 members (excludes halogenated alkanes) is 1. The summed E-state index contributed by atoms with van der Waals surface area (Å²) in [5, 5.41) is 9.48. The number of anilines is 1. The van der Waals surface area contributed by atoms with Crippen LogP contribution in [-0.4, -0.2) is 39.9 Å². The van der Waals surface area contributed by atoms with Gasteiger partial charge in [0.25, 0.3) is 0 Å². The molecule has 0 bridgehead atoms. The van der Waals surface area contributed by atoms with E-state index in [0.29, 0.717) is 12.8 Å². The molecular formula is C15H23N3O5. The monoisotopic (exact) mass is 325 g/mol. The van der Waals surface area contributed by atoms with Crippen LogP contribution in [0.2, 0.25) is 0 Å². The average molecular weight is 325 g/mol. The lowest BCUT2D eigenvalue weighted by molar-refractivity contribution is -0.149. The van der Waals surface area contributed by atoms with Crippen LogP contribution in [0.4, 0.5) is 5.82 Å². The van der Waals surface area contributed by atoms with E-state index in [1.165, 1.54) is 16.8 Å². The van der Waals surface area contributed by atoms with Gasteiger partial charge in [-0.15, -0.1) is 0 Å². The Hall–Kier alpha value is -1.93. The number of nitrogens with two attached hydrogens (primary N) is 1. The Bertz CT molecular complexity index is 589. The highest BCUT2D eigenvalue weighted by Crippen LogP contribution is 2.32. The number of hydrogen-bond acceptors (Lipinski definition) is 7. The lowest BCUT2D eigenvalue weighted by Crippen LogP contribution is -2.28. The van der Waals surface area contributed by atoms with Crippen molar-refractivity contribution in [1.29, 1.82) is 0 Å². The molecule has 1 saturated heterocycles. The maximum atomic E-state index is 11.9. The van der Waals surface area contributed by atoms with Gasteiger partial charge in [0.1, 0.15) is 18.7 Å². The van der Waals surface area contributed by atoms with Crippen LogP contribution in [0.5, 0.6) is 0 Å². The molecule has 1 fully saturated rings. The second-order valence-electron chi connectivity index (χ2n) is 5.64. The molecule has 23 heavy (non-hydrogen) atoms. The second-order valence-corrected chi connectivity index (χ2v) is 5.64. The maximum Gasteiger partial charge on any atom is 0.351 e. The van der Waals surface area contributed by atoms with Crippen LogP contribution in [0.1, 0.15) is 38.8 Å². The molecule has 0 radical (unpaired) electrons. The van der Waals surface area contributed by atoms with Crippen molar-refractivity contribution in [3.63, 3.8) is 0 Å². The summed E-state index contributed by atoms with van der Waals surface area (Å²) in [7, 11) is 0. The molecule has 1 aromatic heterocycles. The van der Waals surface area contributed by atoms with Gasteiger partial charge < -0.3 is 20.3 Å². The number of hydrogen-bond donors (Lipinski definition) is 2. The molecule has 0 aliphatic carbocycles. The highest BCUT2D eigenvalue weighted by atomic mass is 16.6. The number of ether oxygens (including phenoxy) is 2. The fraction of sp³-hybridized carbons (Fsp3) is 0.667. The van der Waals surface area contributed by atoms with Crippen LogP contribution < -0.4 is 11.4 Å². The molecule has 2 rings (SSSR count). The van der Waals surface area contributed by atoms with Gasteiger partial charge in [-0.05, 0) is 12.5 Å². The number of rotatable bonds is 7. The topological polar surface area (TPSA) is 117 Å². The van der Waals surface area contributed by atoms with Gasteiger partial charge in [-0.2, -0.15) is 4.98 Å². The van der Waals surface area contributed by atoms with E-state index in [1.807, 2.05) is 6.92 Å². The first-order valence-electron chi connectivity index (χ1n) is 7.81. The van der Waals surface area contributed by atoms with Gasteiger partial charge in [0.05, 0.1) is 6.10 Å². The first kappa shape index (κ1) is 17.4. The molecule has 1 aromatic rings. The molecule has 0 saturated carbocycles. The van der Waals surface area contributed by atoms with E-state index >= 15 is 0 Å². The molecule has 0 aromatic carbocycles. The fourth-order valence-corrected chi connectivity index (χ4v) is 2.54. The van der Waals surface area contributed by atoms with Gasteiger partial charge in [0.15, 0.2) is 0 Å². The van der Waals surface area contributed by atoms with Gasteiger partial charge >= 0.3 is 11.7 Å². The lowest BCUT2D eigenvalue weighted by Gasteiger charge is -2.17. The predicted octanol–water partition coefficient (Wildman–Crippen LogP) is 0.455. The molecule has 128 valence electrons. The maximum absolute atomic E-state index is 11.9. The molecule has 1 aliphatic rings.